The first-order valence-corrected chi connectivity index (χ1v) is 10.7. The highest BCUT2D eigenvalue weighted by atomic mass is 16.5. The Kier molecular flexibility index (Phi) is 6.27. The van der Waals surface area contributed by atoms with E-state index in [1.54, 1.807) is 0 Å². The van der Waals surface area contributed by atoms with Crippen LogP contribution in [-0.2, 0) is 4.74 Å². The number of morpholine rings is 1. The number of aryl methyl sites for hydroxylation is 2. The highest BCUT2D eigenvalue weighted by Crippen LogP contribution is 2.33. The normalized spacial score (nSPS) is 19.0. The van der Waals surface area contributed by atoms with Crippen molar-refractivity contribution in [1.29, 1.82) is 0 Å². The maximum absolute atomic E-state index is 6.17. The largest absolute Gasteiger partial charge is 0.492 e. The maximum Gasteiger partial charge on any atom is 0.222 e. The summed E-state index contributed by atoms with van der Waals surface area (Å²) in [6, 6.07) is 14.2. The smallest absolute Gasteiger partial charge is 0.222 e. The van der Waals surface area contributed by atoms with Gasteiger partial charge in [0.1, 0.15) is 5.75 Å². The molecule has 8 heteroatoms. The summed E-state index contributed by atoms with van der Waals surface area (Å²) in [6.45, 7) is 9.50. The van der Waals surface area contributed by atoms with Gasteiger partial charge in [-0.2, -0.15) is 4.99 Å². The third-order valence-corrected chi connectivity index (χ3v) is 5.45. The molecule has 2 aromatic carbocycles. The van der Waals surface area contributed by atoms with Gasteiger partial charge in [-0.3, -0.25) is 4.90 Å². The molecule has 0 radical (unpaired) electrons. The lowest BCUT2D eigenvalue weighted by Gasteiger charge is -2.41. The topological polar surface area (TPSA) is 87.7 Å². The Morgan fingerprint density at radius 1 is 1.13 bits per heavy atom. The van der Waals surface area contributed by atoms with E-state index in [1.807, 2.05) is 31.2 Å². The van der Waals surface area contributed by atoms with Gasteiger partial charge in [0.05, 0.1) is 25.5 Å². The average Bonchev–Trinajstić information content (AvgIpc) is 2.77. The SMILES string of the molecule is CCOc1ccccc1N1C(N2CCOCC2)=NC(N)=NC1Nc1ccc(C)c(C)c1. The Balaban J connectivity index is 1.76. The minimum atomic E-state index is -0.473. The number of benzene rings is 2. The van der Waals surface area contributed by atoms with Gasteiger partial charge in [0.2, 0.25) is 18.2 Å². The van der Waals surface area contributed by atoms with Crippen molar-refractivity contribution in [3.05, 3.63) is 53.6 Å². The second-order valence-electron chi connectivity index (χ2n) is 7.59. The van der Waals surface area contributed by atoms with Crippen LogP contribution in [0.3, 0.4) is 0 Å². The summed E-state index contributed by atoms with van der Waals surface area (Å²) in [5.41, 5.74) is 10.5. The van der Waals surface area contributed by atoms with Gasteiger partial charge < -0.3 is 25.4 Å². The molecule has 2 aromatic rings. The van der Waals surface area contributed by atoms with E-state index < -0.39 is 6.29 Å². The number of nitrogens with one attached hydrogen (secondary N) is 1. The van der Waals surface area contributed by atoms with Crippen LogP contribution in [0.2, 0.25) is 0 Å². The summed E-state index contributed by atoms with van der Waals surface area (Å²) in [5.74, 6) is 1.76. The second-order valence-corrected chi connectivity index (χ2v) is 7.59. The summed E-state index contributed by atoms with van der Waals surface area (Å²) >= 11 is 0. The van der Waals surface area contributed by atoms with Crippen molar-refractivity contribution in [3.63, 3.8) is 0 Å². The summed E-state index contributed by atoms with van der Waals surface area (Å²) in [5, 5.41) is 3.53. The van der Waals surface area contributed by atoms with E-state index in [-0.39, 0.29) is 5.96 Å². The van der Waals surface area contributed by atoms with E-state index in [9.17, 15) is 0 Å². The highest BCUT2D eigenvalue weighted by Gasteiger charge is 2.33. The summed E-state index contributed by atoms with van der Waals surface area (Å²) in [7, 11) is 0. The first-order valence-electron chi connectivity index (χ1n) is 10.7. The van der Waals surface area contributed by atoms with Crippen LogP contribution >= 0.6 is 0 Å². The Bertz CT molecular complexity index is 984. The van der Waals surface area contributed by atoms with Crippen molar-refractivity contribution >= 4 is 23.3 Å². The molecular weight excluding hydrogens is 392 g/mol. The monoisotopic (exact) mass is 422 g/mol. The van der Waals surface area contributed by atoms with Crippen LogP contribution in [0.15, 0.2) is 52.4 Å². The molecule has 2 heterocycles. The fraction of sp³-hybridized carbons (Fsp3) is 0.391. The van der Waals surface area contributed by atoms with Crippen molar-refractivity contribution < 1.29 is 9.47 Å². The molecule has 4 rings (SSSR count). The third kappa shape index (κ3) is 4.59. The summed E-state index contributed by atoms with van der Waals surface area (Å²) < 4.78 is 11.5. The predicted octanol–water partition coefficient (Wildman–Crippen LogP) is 2.92. The fourth-order valence-corrected chi connectivity index (χ4v) is 3.71. The molecule has 2 aliphatic heterocycles. The molecule has 1 atom stereocenters. The van der Waals surface area contributed by atoms with Gasteiger partial charge in [0.15, 0.2) is 0 Å². The van der Waals surface area contributed by atoms with Gasteiger partial charge in [-0.05, 0) is 56.2 Å². The Labute approximate surface area is 183 Å². The van der Waals surface area contributed by atoms with Crippen LogP contribution < -0.4 is 20.7 Å². The van der Waals surface area contributed by atoms with Crippen molar-refractivity contribution in [2.45, 2.75) is 27.1 Å². The quantitative estimate of drug-likeness (QED) is 0.770. The lowest BCUT2D eigenvalue weighted by atomic mass is 10.1. The molecule has 0 saturated carbocycles. The standard InChI is InChI=1S/C23H30N6O2/c1-4-31-20-8-6-5-7-19(20)29-22(25-18-10-9-16(2)17(3)15-18)26-21(24)27-23(29)28-11-13-30-14-12-28/h5-10,15,22,25H,4,11-14H2,1-3H3,(H2,24,26). The van der Waals surface area contributed by atoms with Crippen molar-refractivity contribution in [3.8, 4) is 5.75 Å². The Morgan fingerprint density at radius 3 is 2.65 bits per heavy atom. The first kappa shape index (κ1) is 21.0. The van der Waals surface area contributed by atoms with E-state index >= 15 is 0 Å². The number of nitrogens with zero attached hydrogens (tertiary/aromatic N) is 4. The molecule has 8 nitrogen and oxygen atoms in total. The Morgan fingerprint density at radius 2 is 1.90 bits per heavy atom. The maximum atomic E-state index is 6.17. The minimum Gasteiger partial charge on any atom is -0.492 e. The predicted molar refractivity (Wildman–Crippen MR) is 125 cm³/mol. The van der Waals surface area contributed by atoms with Gasteiger partial charge in [-0.15, -0.1) is 0 Å². The third-order valence-electron chi connectivity index (χ3n) is 5.45. The summed E-state index contributed by atoms with van der Waals surface area (Å²) in [6.07, 6.45) is -0.473. The molecule has 3 N–H and O–H groups in total. The van der Waals surface area contributed by atoms with E-state index in [0.29, 0.717) is 19.8 Å². The molecular formula is C23H30N6O2. The number of guanidine groups is 2. The zero-order chi connectivity index (χ0) is 21.8. The molecule has 1 unspecified atom stereocenters. The van der Waals surface area contributed by atoms with Crippen molar-refractivity contribution in [2.24, 2.45) is 15.7 Å². The van der Waals surface area contributed by atoms with Gasteiger partial charge in [-0.1, -0.05) is 18.2 Å². The fourth-order valence-electron chi connectivity index (χ4n) is 3.71. The van der Waals surface area contributed by atoms with E-state index in [1.165, 1.54) is 11.1 Å². The number of para-hydroxylation sites is 2. The minimum absolute atomic E-state index is 0.243. The van der Waals surface area contributed by atoms with Crippen molar-refractivity contribution in [1.82, 2.24) is 4.90 Å². The average molecular weight is 423 g/mol. The van der Waals surface area contributed by atoms with Crippen LogP contribution in [0, 0.1) is 13.8 Å². The van der Waals surface area contributed by atoms with Crippen LogP contribution in [0.4, 0.5) is 11.4 Å². The van der Waals surface area contributed by atoms with Gasteiger partial charge >= 0.3 is 0 Å². The lowest BCUT2D eigenvalue weighted by molar-refractivity contribution is 0.0671. The van der Waals surface area contributed by atoms with E-state index in [2.05, 4.69) is 57.1 Å². The molecule has 0 bridgehead atoms. The number of rotatable bonds is 5. The molecule has 2 aliphatic rings. The van der Waals surface area contributed by atoms with E-state index in [4.69, 9.17) is 15.2 Å². The molecule has 0 aromatic heterocycles. The van der Waals surface area contributed by atoms with E-state index in [0.717, 1.165) is 36.2 Å². The zero-order valence-electron chi connectivity index (χ0n) is 18.3. The van der Waals surface area contributed by atoms with Crippen LogP contribution in [0.5, 0.6) is 5.75 Å². The molecule has 1 saturated heterocycles. The second kappa shape index (κ2) is 9.26. The number of nitrogens with two attached hydrogens (primary N) is 1. The number of hydrogen-bond donors (Lipinski definition) is 2. The van der Waals surface area contributed by atoms with Crippen molar-refractivity contribution in [2.75, 3.05) is 43.1 Å². The van der Waals surface area contributed by atoms with Crippen LogP contribution in [0.1, 0.15) is 18.1 Å². The number of ether oxygens (including phenoxy) is 2. The zero-order valence-corrected chi connectivity index (χ0v) is 18.3. The Hall–Kier alpha value is -3.26. The molecule has 0 spiro atoms. The molecule has 31 heavy (non-hydrogen) atoms. The number of hydrogen-bond acceptors (Lipinski definition) is 8. The highest BCUT2D eigenvalue weighted by molar-refractivity contribution is 6.06. The van der Waals surface area contributed by atoms with Gasteiger partial charge in [0.25, 0.3) is 0 Å². The molecule has 0 amide bonds. The number of anilines is 2. The van der Waals surface area contributed by atoms with Gasteiger partial charge in [0, 0.05) is 18.8 Å². The first-order chi connectivity index (χ1) is 15.1. The van der Waals surface area contributed by atoms with Crippen LogP contribution in [0.25, 0.3) is 0 Å². The molecule has 0 aliphatic carbocycles. The lowest BCUT2D eigenvalue weighted by Crippen LogP contribution is -2.57. The van der Waals surface area contributed by atoms with Gasteiger partial charge in [-0.25, -0.2) is 4.99 Å². The summed E-state index contributed by atoms with van der Waals surface area (Å²) in [4.78, 5) is 13.5. The van der Waals surface area contributed by atoms with Crippen LogP contribution in [-0.4, -0.2) is 56.0 Å². The number of aliphatic imine (C=N–C) groups is 2. The molecule has 164 valence electrons. The molecule has 1 fully saturated rings.